The summed E-state index contributed by atoms with van der Waals surface area (Å²) in [4.78, 5) is 10.6. The van der Waals surface area contributed by atoms with Gasteiger partial charge in [-0.25, -0.2) is 0 Å². The van der Waals surface area contributed by atoms with Crippen molar-refractivity contribution < 1.29 is 9.90 Å². The van der Waals surface area contributed by atoms with Crippen molar-refractivity contribution in [1.29, 1.82) is 0 Å². The summed E-state index contributed by atoms with van der Waals surface area (Å²) in [6.07, 6.45) is 1.51. The molecule has 1 heterocycles. The fourth-order valence-electron chi connectivity index (χ4n) is 0.954. The SMILES string of the molecule is O=C1CC(O)CCCN1. The van der Waals surface area contributed by atoms with Crippen LogP contribution in [0.1, 0.15) is 19.3 Å². The van der Waals surface area contributed by atoms with E-state index in [1.54, 1.807) is 0 Å². The van der Waals surface area contributed by atoms with E-state index in [2.05, 4.69) is 5.32 Å². The maximum atomic E-state index is 10.6. The van der Waals surface area contributed by atoms with Crippen molar-refractivity contribution in [1.82, 2.24) is 5.32 Å². The maximum absolute atomic E-state index is 10.6. The molecule has 1 aliphatic heterocycles. The second-order valence-electron chi connectivity index (χ2n) is 2.35. The molecule has 0 bridgehead atoms. The van der Waals surface area contributed by atoms with Gasteiger partial charge in [0.2, 0.25) is 5.91 Å². The molecule has 1 unspecified atom stereocenters. The Labute approximate surface area is 54.1 Å². The third-order valence-corrected chi connectivity index (χ3v) is 1.46. The molecule has 0 spiro atoms. The van der Waals surface area contributed by atoms with E-state index in [1.165, 1.54) is 0 Å². The first-order valence-electron chi connectivity index (χ1n) is 3.24. The summed E-state index contributed by atoms with van der Waals surface area (Å²) in [6, 6.07) is 0. The standard InChI is InChI=1S/C6H11NO2/c8-5-2-1-3-7-6(9)4-5/h5,8H,1-4H2,(H,7,9). The molecular weight excluding hydrogens is 118 g/mol. The predicted molar refractivity (Wildman–Crippen MR) is 32.9 cm³/mol. The Morgan fingerprint density at radius 2 is 2.44 bits per heavy atom. The molecule has 2 N–H and O–H groups in total. The Hall–Kier alpha value is -0.570. The van der Waals surface area contributed by atoms with Crippen molar-refractivity contribution >= 4 is 5.91 Å². The van der Waals surface area contributed by atoms with Crippen LogP contribution in [0.25, 0.3) is 0 Å². The van der Waals surface area contributed by atoms with Gasteiger partial charge in [-0.05, 0) is 12.8 Å². The van der Waals surface area contributed by atoms with E-state index in [-0.39, 0.29) is 12.3 Å². The molecule has 3 nitrogen and oxygen atoms in total. The highest BCUT2D eigenvalue weighted by Gasteiger charge is 2.13. The van der Waals surface area contributed by atoms with Gasteiger partial charge >= 0.3 is 0 Å². The zero-order chi connectivity index (χ0) is 6.69. The topological polar surface area (TPSA) is 49.3 Å². The van der Waals surface area contributed by atoms with E-state index in [1.807, 2.05) is 0 Å². The van der Waals surface area contributed by atoms with Gasteiger partial charge < -0.3 is 10.4 Å². The van der Waals surface area contributed by atoms with Crippen LogP contribution in [-0.4, -0.2) is 23.7 Å². The fourth-order valence-corrected chi connectivity index (χ4v) is 0.954. The number of carbonyl (C=O) groups is 1. The van der Waals surface area contributed by atoms with Crippen LogP contribution in [0.5, 0.6) is 0 Å². The summed E-state index contributed by atoms with van der Waals surface area (Å²) in [5.41, 5.74) is 0. The van der Waals surface area contributed by atoms with Gasteiger partial charge in [-0.1, -0.05) is 0 Å². The molecule has 1 fully saturated rings. The molecule has 9 heavy (non-hydrogen) atoms. The quantitative estimate of drug-likeness (QED) is 0.469. The average molecular weight is 129 g/mol. The monoisotopic (exact) mass is 129 g/mol. The van der Waals surface area contributed by atoms with Gasteiger partial charge in [0.05, 0.1) is 12.5 Å². The Bertz CT molecular complexity index is 114. The lowest BCUT2D eigenvalue weighted by atomic mass is 10.2. The van der Waals surface area contributed by atoms with Crippen molar-refractivity contribution in [2.24, 2.45) is 0 Å². The predicted octanol–water partition coefficient (Wildman–Crippen LogP) is -0.353. The van der Waals surface area contributed by atoms with Crippen LogP contribution in [0.3, 0.4) is 0 Å². The van der Waals surface area contributed by atoms with Gasteiger partial charge in [0.1, 0.15) is 0 Å². The maximum Gasteiger partial charge on any atom is 0.222 e. The van der Waals surface area contributed by atoms with E-state index in [0.29, 0.717) is 0 Å². The lowest BCUT2D eigenvalue weighted by Crippen LogP contribution is -2.23. The number of carbonyl (C=O) groups excluding carboxylic acids is 1. The Balaban J connectivity index is 2.37. The smallest absolute Gasteiger partial charge is 0.222 e. The number of hydrogen-bond donors (Lipinski definition) is 2. The first-order valence-corrected chi connectivity index (χ1v) is 3.24. The van der Waals surface area contributed by atoms with Crippen molar-refractivity contribution in [2.45, 2.75) is 25.4 Å². The lowest BCUT2D eigenvalue weighted by molar-refractivity contribution is -0.122. The molecule has 1 atom stereocenters. The van der Waals surface area contributed by atoms with E-state index in [9.17, 15) is 4.79 Å². The van der Waals surface area contributed by atoms with Gasteiger partial charge in [0.25, 0.3) is 0 Å². The van der Waals surface area contributed by atoms with E-state index in [4.69, 9.17) is 5.11 Å². The molecule has 1 amide bonds. The van der Waals surface area contributed by atoms with Gasteiger partial charge in [0, 0.05) is 6.54 Å². The minimum absolute atomic E-state index is 0.0278. The summed E-state index contributed by atoms with van der Waals surface area (Å²) >= 11 is 0. The van der Waals surface area contributed by atoms with Crippen molar-refractivity contribution in [3.8, 4) is 0 Å². The zero-order valence-electron chi connectivity index (χ0n) is 5.26. The molecule has 0 aliphatic carbocycles. The minimum Gasteiger partial charge on any atom is -0.393 e. The second kappa shape index (κ2) is 2.82. The number of aliphatic hydroxyl groups excluding tert-OH is 1. The number of hydrogen-bond acceptors (Lipinski definition) is 2. The number of nitrogens with one attached hydrogen (secondary N) is 1. The van der Waals surface area contributed by atoms with Gasteiger partial charge in [-0.15, -0.1) is 0 Å². The van der Waals surface area contributed by atoms with Crippen LogP contribution in [-0.2, 0) is 4.79 Å². The normalized spacial score (nSPS) is 29.0. The lowest BCUT2D eigenvalue weighted by Gasteiger charge is -2.00. The van der Waals surface area contributed by atoms with Crippen molar-refractivity contribution in [2.75, 3.05) is 6.54 Å². The number of amides is 1. The zero-order valence-corrected chi connectivity index (χ0v) is 5.26. The second-order valence-corrected chi connectivity index (χ2v) is 2.35. The van der Waals surface area contributed by atoms with Crippen LogP contribution in [0.15, 0.2) is 0 Å². The average Bonchev–Trinajstić information content (AvgIpc) is 1.93. The molecule has 0 aromatic heterocycles. The third kappa shape index (κ3) is 2.01. The molecule has 52 valence electrons. The molecule has 3 heteroatoms. The first-order chi connectivity index (χ1) is 4.29. The molecule has 0 aromatic rings. The van der Waals surface area contributed by atoms with Crippen LogP contribution >= 0.6 is 0 Å². The van der Waals surface area contributed by atoms with Gasteiger partial charge in [0.15, 0.2) is 0 Å². The highest BCUT2D eigenvalue weighted by atomic mass is 16.3. The molecule has 0 radical (unpaired) electrons. The highest BCUT2D eigenvalue weighted by Crippen LogP contribution is 2.04. The first kappa shape index (κ1) is 6.55. The summed E-state index contributed by atoms with van der Waals surface area (Å²) in [6.45, 7) is 0.718. The highest BCUT2D eigenvalue weighted by molar-refractivity contribution is 5.76. The van der Waals surface area contributed by atoms with E-state index in [0.717, 1.165) is 19.4 Å². The molecule has 1 saturated heterocycles. The van der Waals surface area contributed by atoms with Crippen molar-refractivity contribution in [3.63, 3.8) is 0 Å². The Morgan fingerprint density at radius 1 is 1.67 bits per heavy atom. The van der Waals surface area contributed by atoms with E-state index < -0.39 is 6.10 Å². The van der Waals surface area contributed by atoms with Crippen LogP contribution in [0.4, 0.5) is 0 Å². The van der Waals surface area contributed by atoms with Crippen LogP contribution < -0.4 is 5.32 Å². The minimum atomic E-state index is -0.410. The summed E-state index contributed by atoms with van der Waals surface area (Å²) in [5, 5.41) is 11.7. The van der Waals surface area contributed by atoms with Crippen LogP contribution in [0, 0.1) is 0 Å². The molecule has 0 saturated carbocycles. The Kier molecular flexibility index (Phi) is 2.05. The molecular formula is C6H11NO2. The fraction of sp³-hybridized carbons (Fsp3) is 0.833. The molecule has 1 rings (SSSR count). The van der Waals surface area contributed by atoms with Gasteiger partial charge in [-0.3, -0.25) is 4.79 Å². The largest absolute Gasteiger partial charge is 0.393 e. The Morgan fingerprint density at radius 3 is 3.22 bits per heavy atom. The molecule has 1 aliphatic rings. The summed E-state index contributed by atoms with van der Waals surface area (Å²) in [7, 11) is 0. The van der Waals surface area contributed by atoms with E-state index >= 15 is 0 Å². The van der Waals surface area contributed by atoms with Crippen LogP contribution in [0.2, 0.25) is 0 Å². The van der Waals surface area contributed by atoms with Crippen molar-refractivity contribution in [3.05, 3.63) is 0 Å². The van der Waals surface area contributed by atoms with Gasteiger partial charge in [-0.2, -0.15) is 0 Å². The number of aliphatic hydroxyl groups is 1. The summed E-state index contributed by atoms with van der Waals surface area (Å²) < 4.78 is 0. The number of rotatable bonds is 0. The summed E-state index contributed by atoms with van der Waals surface area (Å²) in [5.74, 6) is -0.0278. The third-order valence-electron chi connectivity index (χ3n) is 1.46. The molecule has 0 aromatic carbocycles.